The topological polar surface area (TPSA) is 68.2 Å². The van der Waals surface area contributed by atoms with Crippen molar-refractivity contribution in [2.45, 2.75) is 46.6 Å². The van der Waals surface area contributed by atoms with E-state index < -0.39 is 0 Å². The van der Waals surface area contributed by atoms with Gasteiger partial charge >= 0.3 is 6.03 Å². The van der Waals surface area contributed by atoms with Gasteiger partial charge in [0.25, 0.3) is 0 Å². The molecule has 1 aromatic carbocycles. The quantitative estimate of drug-likeness (QED) is 0.906. The second-order valence-corrected chi connectivity index (χ2v) is 7.25. The van der Waals surface area contributed by atoms with Crippen LogP contribution in [0.3, 0.4) is 0 Å². The van der Waals surface area contributed by atoms with E-state index in [-0.39, 0.29) is 17.5 Å². The zero-order valence-corrected chi connectivity index (χ0v) is 14.4. The molecule has 3 rings (SSSR count). The van der Waals surface area contributed by atoms with E-state index in [1.165, 1.54) is 5.56 Å². The van der Waals surface area contributed by atoms with Gasteiger partial charge in [0.15, 0.2) is 0 Å². The lowest BCUT2D eigenvalue weighted by Crippen LogP contribution is -2.47. The third kappa shape index (κ3) is 3.94. The monoisotopic (exact) mass is 328 g/mol. The lowest BCUT2D eigenvalue weighted by atomic mass is 9.86. The molecule has 6 nitrogen and oxygen atoms in total. The van der Waals surface area contributed by atoms with E-state index in [1.807, 2.05) is 29.0 Å². The molecular formula is C18H24N4O2. The van der Waals surface area contributed by atoms with Crippen molar-refractivity contribution in [1.82, 2.24) is 14.9 Å². The normalized spacial score (nSPS) is 15.0. The van der Waals surface area contributed by atoms with E-state index in [4.69, 9.17) is 4.74 Å². The third-order valence-corrected chi connectivity index (χ3v) is 4.28. The Balaban J connectivity index is 1.65. The van der Waals surface area contributed by atoms with Crippen molar-refractivity contribution >= 4 is 11.7 Å². The molecule has 0 saturated carbocycles. The maximum atomic E-state index is 12.4. The van der Waals surface area contributed by atoms with Gasteiger partial charge in [-0.15, -0.1) is 0 Å². The number of ether oxygens (including phenoxy) is 1. The summed E-state index contributed by atoms with van der Waals surface area (Å²) in [5.74, 6) is 0. The summed E-state index contributed by atoms with van der Waals surface area (Å²) in [5.41, 5.74) is 3.03. The molecule has 0 radical (unpaired) electrons. The average Bonchev–Trinajstić information content (AvgIpc) is 3.16. The molecular weight excluding hydrogens is 304 g/mol. The zero-order chi connectivity index (χ0) is 17.2. The summed E-state index contributed by atoms with van der Waals surface area (Å²) < 4.78 is 7.38. The minimum absolute atomic E-state index is 0.0236. The third-order valence-electron chi connectivity index (χ3n) is 4.28. The summed E-state index contributed by atoms with van der Waals surface area (Å²) in [5, 5.41) is 6.00. The van der Waals surface area contributed by atoms with E-state index in [1.54, 1.807) is 12.5 Å². The number of benzene rings is 1. The maximum Gasteiger partial charge on any atom is 0.319 e. The SMILES string of the molecule is CC(C)(C)[C@@H](Cn1ccnc1)NC(=O)Nc1ccc2c(c1)COC2. The number of carbonyl (C=O) groups excluding carboxylic acids is 1. The molecule has 128 valence electrons. The summed E-state index contributed by atoms with van der Waals surface area (Å²) in [4.78, 5) is 16.5. The number of carbonyl (C=O) groups is 1. The van der Waals surface area contributed by atoms with E-state index in [0.717, 1.165) is 11.3 Å². The highest BCUT2D eigenvalue weighted by Crippen LogP contribution is 2.24. The number of hydrogen-bond donors (Lipinski definition) is 2. The van der Waals surface area contributed by atoms with Gasteiger partial charge in [-0.25, -0.2) is 9.78 Å². The largest absolute Gasteiger partial charge is 0.372 e. The molecule has 2 aromatic rings. The molecule has 0 unspecified atom stereocenters. The highest BCUT2D eigenvalue weighted by Gasteiger charge is 2.26. The van der Waals surface area contributed by atoms with E-state index in [9.17, 15) is 4.79 Å². The van der Waals surface area contributed by atoms with Crippen LogP contribution in [0.15, 0.2) is 36.9 Å². The van der Waals surface area contributed by atoms with Gasteiger partial charge in [0.2, 0.25) is 0 Å². The Labute approximate surface area is 142 Å². The molecule has 0 saturated heterocycles. The van der Waals surface area contributed by atoms with E-state index in [0.29, 0.717) is 19.8 Å². The molecule has 2 amide bonds. The number of nitrogens with zero attached hydrogens (tertiary/aromatic N) is 2. The minimum atomic E-state index is -0.200. The van der Waals surface area contributed by atoms with Crippen molar-refractivity contribution in [3.8, 4) is 0 Å². The number of aromatic nitrogens is 2. The van der Waals surface area contributed by atoms with Gasteiger partial charge in [-0.3, -0.25) is 0 Å². The van der Waals surface area contributed by atoms with Crippen LogP contribution in [0.25, 0.3) is 0 Å². The fourth-order valence-corrected chi connectivity index (χ4v) is 2.72. The zero-order valence-electron chi connectivity index (χ0n) is 14.4. The van der Waals surface area contributed by atoms with E-state index in [2.05, 4.69) is 36.4 Å². The highest BCUT2D eigenvalue weighted by atomic mass is 16.5. The van der Waals surface area contributed by atoms with Crippen molar-refractivity contribution in [3.05, 3.63) is 48.0 Å². The average molecular weight is 328 g/mol. The molecule has 1 aliphatic heterocycles. The second kappa shape index (κ2) is 6.65. The Bertz CT molecular complexity index is 704. The summed E-state index contributed by atoms with van der Waals surface area (Å²) in [6.07, 6.45) is 5.41. The van der Waals surface area contributed by atoms with Crippen LogP contribution in [0, 0.1) is 5.41 Å². The fraction of sp³-hybridized carbons (Fsp3) is 0.444. The molecule has 0 spiro atoms. The first-order chi connectivity index (χ1) is 11.4. The van der Waals surface area contributed by atoms with Gasteiger partial charge in [0, 0.05) is 24.6 Å². The Morgan fingerprint density at radius 3 is 2.83 bits per heavy atom. The van der Waals surface area contributed by atoms with Gasteiger partial charge in [0.05, 0.1) is 25.6 Å². The van der Waals surface area contributed by atoms with Crippen molar-refractivity contribution in [2.75, 3.05) is 5.32 Å². The lowest BCUT2D eigenvalue weighted by molar-refractivity contribution is 0.134. The number of rotatable bonds is 4. The second-order valence-electron chi connectivity index (χ2n) is 7.25. The molecule has 2 heterocycles. The van der Waals surface area contributed by atoms with Gasteiger partial charge < -0.3 is 19.9 Å². The Morgan fingerprint density at radius 2 is 2.12 bits per heavy atom. The Morgan fingerprint density at radius 1 is 1.33 bits per heavy atom. The standard InChI is InChI=1S/C18H24N4O2/c1-18(2,3)16(9-22-7-6-19-12-22)21-17(23)20-15-5-4-13-10-24-11-14(13)8-15/h4-8,12,16H,9-11H2,1-3H3,(H2,20,21,23)/t16-/m1/s1. The molecule has 0 bridgehead atoms. The van der Waals surface area contributed by atoms with Gasteiger partial charge in [-0.2, -0.15) is 0 Å². The van der Waals surface area contributed by atoms with Gasteiger partial charge in [0.1, 0.15) is 0 Å². The summed E-state index contributed by atoms with van der Waals surface area (Å²) >= 11 is 0. The number of hydrogen-bond acceptors (Lipinski definition) is 3. The van der Waals surface area contributed by atoms with Crippen LogP contribution in [-0.4, -0.2) is 21.6 Å². The number of anilines is 1. The van der Waals surface area contributed by atoms with Gasteiger partial charge in [-0.1, -0.05) is 26.8 Å². The number of urea groups is 1. The first kappa shape index (κ1) is 16.5. The molecule has 1 atom stereocenters. The van der Waals surface area contributed by atoms with Crippen molar-refractivity contribution in [3.63, 3.8) is 0 Å². The number of amides is 2. The lowest BCUT2D eigenvalue weighted by Gasteiger charge is -2.31. The first-order valence-electron chi connectivity index (χ1n) is 8.14. The molecule has 1 aromatic heterocycles. The van der Waals surface area contributed by atoms with Crippen LogP contribution in [0.1, 0.15) is 31.9 Å². The summed E-state index contributed by atoms with van der Waals surface area (Å²) in [6, 6.07) is 5.67. The predicted octanol–water partition coefficient (Wildman–Crippen LogP) is 3.15. The predicted molar refractivity (Wildman–Crippen MR) is 92.6 cm³/mol. The number of fused-ring (bicyclic) bond motifs is 1. The van der Waals surface area contributed by atoms with Crippen molar-refractivity contribution < 1.29 is 9.53 Å². The maximum absolute atomic E-state index is 12.4. The van der Waals surface area contributed by atoms with Crippen LogP contribution in [0.2, 0.25) is 0 Å². The fourth-order valence-electron chi connectivity index (χ4n) is 2.72. The molecule has 1 aliphatic rings. The summed E-state index contributed by atoms with van der Waals surface area (Å²) in [6.45, 7) is 8.27. The van der Waals surface area contributed by atoms with E-state index >= 15 is 0 Å². The number of imidazole rings is 1. The molecule has 6 heteroatoms. The van der Waals surface area contributed by atoms with Crippen LogP contribution < -0.4 is 10.6 Å². The van der Waals surface area contributed by atoms with Crippen molar-refractivity contribution in [2.24, 2.45) is 5.41 Å². The molecule has 0 fully saturated rings. The van der Waals surface area contributed by atoms with Crippen LogP contribution in [-0.2, 0) is 24.5 Å². The number of nitrogens with one attached hydrogen (secondary N) is 2. The first-order valence-corrected chi connectivity index (χ1v) is 8.14. The van der Waals surface area contributed by atoms with Crippen LogP contribution >= 0.6 is 0 Å². The Hall–Kier alpha value is -2.34. The molecule has 0 aliphatic carbocycles. The molecule has 24 heavy (non-hydrogen) atoms. The molecule has 2 N–H and O–H groups in total. The summed E-state index contributed by atoms with van der Waals surface area (Å²) in [7, 11) is 0. The highest BCUT2D eigenvalue weighted by molar-refractivity contribution is 5.89. The Kier molecular flexibility index (Phi) is 4.57. The van der Waals surface area contributed by atoms with Gasteiger partial charge in [-0.05, 0) is 28.7 Å². The van der Waals surface area contributed by atoms with Crippen molar-refractivity contribution in [1.29, 1.82) is 0 Å². The minimum Gasteiger partial charge on any atom is -0.372 e. The smallest absolute Gasteiger partial charge is 0.319 e. The van der Waals surface area contributed by atoms with Crippen LogP contribution in [0.4, 0.5) is 10.5 Å². The van der Waals surface area contributed by atoms with Crippen LogP contribution in [0.5, 0.6) is 0 Å².